The summed E-state index contributed by atoms with van der Waals surface area (Å²) < 4.78 is 33.3. The Morgan fingerprint density at radius 2 is 1.78 bits per heavy atom. The molecule has 1 heterocycles. The first-order valence-corrected chi connectivity index (χ1v) is 10.6. The van der Waals surface area contributed by atoms with Crippen LogP contribution in [0.15, 0.2) is 24.3 Å². The van der Waals surface area contributed by atoms with Crippen molar-refractivity contribution < 1.29 is 27.5 Å². The first-order valence-electron chi connectivity index (χ1n) is 8.79. The lowest BCUT2D eigenvalue weighted by Gasteiger charge is -2.23. The first-order chi connectivity index (χ1) is 12.4. The molecule has 7 nitrogen and oxygen atoms in total. The quantitative estimate of drug-likeness (QED) is 0.732. The SMILES string of the molecule is CC(C)(C)c1ccc(OCC(=O)OCC(=O)N[C@@]2(C)CCS(=O)(=O)C2)cc1. The smallest absolute Gasteiger partial charge is 0.344 e. The lowest BCUT2D eigenvalue weighted by molar-refractivity contribution is -0.150. The number of benzene rings is 1. The van der Waals surface area contributed by atoms with Crippen molar-refractivity contribution in [2.75, 3.05) is 24.7 Å². The third kappa shape index (κ3) is 6.53. The Morgan fingerprint density at radius 3 is 2.30 bits per heavy atom. The maximum Gasteiger partial charge on any atom is 0.344 e. The molecular weight excluding hydrogens is 370 g/mol. The molecule has 1 saturated heterocycles. The number of ether oxygens (including phenoxy) is 2. The predicted molar refractivity (Wildman–Crippen MR) is 101 cm³/mol. The fourth-order valence-electron chi connectivity index (χ4n) is 2.86. The molecule has 0 aliphatic carbocycles. The van der Waals surface area contributed by atoms with Crippen molar-refractivity contribution in [2.45, 2.75) is 45.1 Å². The van der Waals surface area contributed by atoms with Gasteiger partial charge in [0, 0.05) is 0 Å². The highest BCUT2D eigenvalue weighted by molar-refractivity contribution is 7.91. The number of esters is 1. The lowest BCUT2D eigenvalue weighted by Crippen LogP contribution is -2.48. The molecule has 0 spiro atoms. The Morgan fingerprint density at radius 1 is 1.15 bits per heavy atom. The highest BCUT2D eigenvalue weighted by atomic mass is 32.2. The molecule has 2 rings (SSSR count). The number of carbonyl (C=O) groups excluding carboxylic acids is 2. The molecule has 1 aromatic rings. The Labute approximate surface area is 160 Å². The minimum Gasteiger partial charge on any atom is -0.482 e. The van der Waals surface area contributed by atoms with Gasteiger partial charge in [0.15, 0.2) is 23.1 Å². The summed E-state index contributed by atoms with van der Waals surface area (Å²) in [6, 6.07) is 7.43. The molecule has 1 atom stereocenters. The summed E-state index contributed by atoms with van der Waals surface area (Å²) in [6.45, 7) is 7.20. The number of hydrogen-bond donors (Lipinski definition) is 1. The van der Waals surface area contributed by atoms with E-state index in [1.54, 1.807) is 19.1 Å². The van der Waals surface area contributed by atoms with Gasteiger partial charge in [0.1, 0.15) is 5.75 Å². The summed E-state index contributed by atoms with van der Waals surface area (Å²) in [4.78, 5) is 23.6. The standard InChI is InChI=1S/C19H27NO6S/c1-18(2,3)14-5-7-15(8-6-14)25-12-17(22)26-11-16(21)20-19(4)9-10-27(23,24)13-19/h5-8H,9-13H2,1-4H3,(H,20,21)/t19-/m0/s1. The topological polar surface area (TPSA) is 98.8 Å². The molecule has 1 N–H and O–H groups in total. The van der Waals surface area contributed by atoms with E-state index in [9.17, 15) is 18.0 Å². The van der Waals surface area contributed by atoms with Crippen LogP contribution in [0.1, 0.15) is 39.7 Å². The van der Waals surface area contributed by atoms with Gasteiger partial charge in [-0.05, 0) is 36.5 Å². The van der Waals surface area contributed by atoms with Crippen LogP contribution in [0.25, 0.3) is 0 Å². The van der Waals surface area contributed by atoms with E-state index in [2.05, 4.69) is 26.1 Å². The Hall–Kier alpha value is -2.09. The normalized spacial score (nSPS) is 21.5. The van der Waals surface area contributed by atoms with Gasteiger partial charge in [-0.15, -0.1) is 0 Å². The molecule has 1 amide bonds. The highest BCUT2D eigenvalue weighted by Gasteiger charge is 2.39. The van der Waals surface area contributed by atoms with Gasteiger partial charge in [-0.1, -0.05) is 32.9 Å². The van der Waals surface area contributed by atoms with E-state index < -0.39 is 33.9 Å². The van der Waals surface area contributed by atoms with Crippen molar-refractivity contribution in [2.24, 2.45) is 0 Å². The monoisotopic (exact) mass is 397 g/mol. The molecule has 0 unspecified atom stereocenters. The van der Waals surface area contributed by atoms with Crippen LogP contribution in [-0.2, 0) is 29.6 Å². The zero-order valence-electron chi connectivity index (χ0n) is 16.2. The van der Waals surface area contributed by atoms with Crippen molar-refractivity contribution in [3.63, 3.8) is 0 Å². The van der Waals surface area contributed by atoms with Gasteiger partial charge in [-0.25, -0.2) is 13.2 Å². The molecule has 1 aliphatic rings. The number of hydrogen-bond acceptors (Lipinski definition) is 6. The Bertz CT molecular complexity index is 794. The summed E-state index contributed by atoms with van der Waals surface area (Å²) in [5, 5.41) is 2.62. The second-order valence-electron chi connectivity index (χ2n) is 8.17. The number of sulfone groups is 1. The van der Waals surface area contributed by atoms with Gasteiger partial charge in [0.05, 0.1) is 17.0 Å². The second kappa shape index (κ2) is 7.88. The third-order valence-electron chi connectivity index (χ3n) is 4.39. The average molecular weight is 397 g/mol. The number of amides is 1. The van der Waals surface area contributed by atoms with Gasteiger partial charge in [0.25, 0.3) is 5.91 Å². The van der Waals surface area contributed by atoms with Crippen LogP contribution in [0.4, 0.5) is 0 Å². The van der Waals surface area contributed by atoms with Crippen LogP contribution >= 0.6 is 0 Å². The minimum absolute atomic E-state index is 0.0279. The van der Waals surface area contributed by atoms with Crippen LogP contribution in [0.5, 0.6) is 5.75 Å². The first kappa shape index (κ1) is 21.2. The average Bonchev–Trinajstić information content (AvgIpc) is 2.83. The fourth-order valence-corrected chi connectivity index (χ4v) is 4.96. The Kier molecular flexibility index (Phi) is 6.19. The van der Waals surface area contributed by atoms with E-state index in [0.717, 1.165) is 5.56 Å². The molecule has 8 heteroatoms. The van der Waals surface area contributed by atoms with Crippen LogP contribution in [0.3, 0.4) is 0 Å². The third-order valence-corrected chi connectivity index (χ3v) is 6.29. The summed E-state index contributed by atoms with van der Waals surface area (Å²) in [7, 11) is -3.13. The second-order valence-corrected chi connectivity index (χ2v) is 10.4. The highest BCUT2D eigenvalue weighted by Crippen LogP contribution is 2.24. The molecule has 1 fully saturated rings. The summed E-state index contributed by atoms with van der Waals surface area (Å²) in [6.07, 6.45) is 0.350. The molecule has 0 bridgehead atoms. The summed E-state index contributed by atoms with van der Waals surface area (Å²) in [5.41, 5.74) is 0.366. The van der Waals surface area contributed by atoms with Crippen LogP contribution in [-0.4, -0.2) is 50.6 Å². The van der Waals surface area contributed by atoms with E-state index in [4.69, 9.17) is 9.47 Å². The summed E-state index contributed by atoms with van der Waals surface area (Å²) in [5.74, 6) is -0.724. The van der Waals surface area contributed by atoms with Crippen molar-refractivity contribution in [3.05, 3.63) is 29.8 Å². The van der Waals surface area contributed by atoms with E-state index in [0.29, 0.717) is 12.2 Å². The van der Waals surface area contributed by atoms with E-state index in [1.165, 1.54) is 0 Å². The number of rotatable bonds is 6. The van der Waals surface area contributed by atoms with Crippen molar-refractivity contribution in [3.8, 4) is 5.75 Å². The van der Waals surface area contributed by atoms with E-state index >= 15 is 0 Å². The maximum absolute atomic E-state index is 11.9. The van der Waals surface area contributed by atoms with Crippen molar-refractivity contribution in [1.29, 1.82) is 0 Å². The zero-order valence-corrected chi connectivity index (χ0v) is 17.0. The molecular formula is C19H27NO6S. The van der Waals surface area contributed by atoms with Crippen molar-refractivity contribution in [1.82, 2.24) is 5.32 Å². The van der Waals surface area contributed by atoms with Gasteiger partial charge in [-0.2, -0.15) is 0 Å². The maximum atomic E-state index is 11.9. The number of nitrogens with one attached hydrogen (secondary N) is 1. The lowest BCUT2D eigenvalue weighted by atomic mass is 9.87. The van der Waals surface area contributed by atoms with Crippen LogP contribution < -0.4 is 10.1 Å². The number of carbonyl (C=O) groups is 2. The van der Waals surface area contributed by atoms with Crippen LogP contribution in [0.2, 0.25) is 0 Å². The molecule has 0 aromatic heterocycles. The van der Waals surface area contributed by atoms with E-state index in [1.807, 2.05) is 12.1 Å². The van der Waals surface area contributed by atoms with Crippen molar-refractivity contribution >= 4 is 21.7 Å². The summed E-state index contributed by atoms with van der Waals surface area (Å²) >= 11 is 0. The predicted octanol–water partition coefficient (Wildman–Crippen LogP) is 1.60. The molecule has 0 saturated carbocycles. The van der Waals surface area contributed by atoms with Crippen LogP contribution in [0, 0.1) is 0 Å². The van der Waals surface area contributed by atoms with Gasteiger partial charge < -0.3 is 14.8 Å². The van der Waals surface area contributed by atoms with E-state index in [-0.39, 0.29) is 23.5 Å². The fraction of sp³-hybridized carbons (Fsp3) is 0.579. The minimum atomic E-state index is -3.13. The zero-order chi connectivity index (χ0) is 20.3. The molecule has 1 aliphatic heterocycles. The molecule has 0 radical (unpaired) electrons. The van der Waals surface area contributed by atoms with Gasteiger partial charge >= 0.3 is 5.97 Å². The Balaban J connectivity index is 1.74. The van der Waals surface area contributed by atoms with Gasteiger partial charge in [-0.3, -0.25) is 4.79 Å². The molecule has 27 heavy (non-hydrogen) atoms. The largest absolute Gasteiger partial charge is 0.482 e. The molecule has 150 valence electrons. The molecule has 1 aromatic carbocycles. The van der Waals surface area contributed by atoms with Gasteiger partial charge in [0.2, 0.25) is 0 Å².